The number of hydrogen-bond acceptors (Lipinski definition) is 3. The Morgan fingerprint density at radius 1 is 1.56 bits per heavy atom. The maximum atomic E-state index is 12.0. The van der Waals surface area contributed by atoms with Crippen molar-refractivity contribution in [3.63, 3.8) is 0 Å². The van der Waals surface area contributed by atoms with Crippen molar-refractivity contribution in [2.24, 2.45) is 0 Å². The van der Waals surface area contributed by atoms with Crippen LogP contribution in [0.1, 0.15) is 10.5 Å². The van der Waals surface area contributed by atoms with Crippen LogP contribution >= 0.6 is 0 Å². The second-order valence-corrected chi connectivity index (χ2v) is 3.15. The minimum Gasteiger partial charge on any atom is -0.505 e. The average molecular weight is 234 g/mol. The van der Waals surface area contributed by atoms with Gasteiger partial charge in [0.05, 0.1) is 0 Å². The Bertz CT molecular complexity index is 393. The third-order valence-electron chi connectivity index (χ3n) is 1.75. The number of hydrogen-bond donors (Lipinski definition) is 1. The summed E-state index contributed by atoms with van der Waals surface area (Å²) in [5, 5.41) is 9.24. The number of carbonyl (C=O) groups is 1. The van der Waals surface area contributed by atoms with E-state index in [1.54, 1.807) is 0 Å². The zero-order chi connectivity index (χ0) is 12.3. The first-order valence-electron chi connectivity index (χ1n) is 4.27. The molecule has 1 amide bonds. The minimum atomic E-state index is -4.48. The molecule has 1 rings (SSSR count). The third-order valence-corrected chi connectivity index (χ3v) is 1.75. The van der Waals surface area contributed by atoms with Crippen LogP contribution < -0.4 is 0 Å². The van der Waals surface area contributed by atoms with E-state index in [0.717, 1.165) is 7.05 Å². The number of pyridine rings is 1. The van der Waals surface area contributed by atoms with E-state index in [2.05, 4.69) is 4.98 Å². The summed E-state index contributed by atoms with van der Waals surface area (Å²) in [7, 11) is 0.990. The molecule has 1 heterocycles. The van der Waals surface area contributed by atoms with E-state index in [4.69, 9.17) is 0 Å². The fourth-order valence-corrected chi connectivity index (χ4v) is 1.08. The minimum absolute atomic E-state index is 0.394. The molecule has 0 atom stereocenters. The van der Waals surface area contributed by atoms with Gasteiger partial charge in [-0.15, -0.1) is 0 Å². The van der Waals surface area contributed by atoms with Gasteiger partial charge < -0.3 is 10.0 Å². The van der Waals surface area contributed by atoms with Crippen LogP contribution in [-0.2, 0) is 0 Å². The van der Waals surface area contributed by atoms with Gasteiger partial charge in [0.1, 0.15) is 12.3 Å². The summed E-state index contributed by atoms with van der Waals surface area (Å²) < 4.78 is 36.0. The zero-order valence-corrected chi connectivity index (χ0v) is 8.32. The standard InChI is InChI=1S/C9H9F3N2O2/c1-14(5-9(10,11)12)8(16)7-6(15)3-2-4-13-7/h2-4,15H,5H2,1H3. The molecule has 1 aromatic rings. The van der Waals surface area contributed by atoms with Gasteiger partial charge in [0.15, 0.2) is 5.69 Å². The van der Waals surface area contributed by atoms with Crippen molar-refractivity contribution < 1.29 is 23.1 Å². The molecular weight excluding hydrogens is 225 g/mol. The monoisotopic (exact) mass is 234 g/mol. The number of nitrogens with zero attached hydrogens (tertiary/aromatic N) is 2. The fraction of sp³-hybridized carbons (Fsp3) is 0.333. The van der Waals surface area contributed by atoms with Gasteiger partial charge in [-0.25, -0.2) is 4.98 Å². The van der Waals surface area contributed by atoms with Crippen molar-refractivity contribution >= 4 is 5.91 Å². The number of alkyl halides is 3. The number of aromatic hydroxyl groups is 1. The normalized spacial score (nSPS) is 11.2. The lowest BCUT2D eigenvalue weighted by Gasteiger charge is -2.18. The summed E-state index contributed by atoms with van der Waals surface area (Å²) >= 11 is 0. The van der Waals surface area contributed by atoms with Gasteiger partial charge in [-0.1, -0.05) is 0 Å². The van der Waals surface area contributed by atoms with E-state index in [0.29, 0.717) is 4.90 Å². The van der Waals surface area contributed by atoms with Crippen molar-refractivity contribution in [2.75, 3.05) is 13.6 Å². The molecule has 0 aliphatic rings. The first-order valence-corrected chi connectivity index (χ1v) is 4.27. The lowest BCUT2D eigenvalue weighted by molar-refractivity contribution is -0.138. The van der Waals surface area contributed by atoms with Crippen molar-refractivity contribution in [2.45, 2.75) is 6.18 Å². The van der Waals surface area contributed by atoms with Gasteiger partial charge in [0.25, 0.3) is 5.91 Å². The van der Waals surface area contributed by atoms with E-state index in [1.807, 2.05) is 0 Å². The number of amides is 1. The molecule has 7 heteroatoms. The Morgan fingerprint density at radius 2 is 2.19 bits per heavy atom. The summed E-state index contributed by atoms with van der Waals surface area (Å²) in [5.41, 5.74) is -0.394. The molecule has 0 fully saturated rings. The largest absolute Gasteiger partial charge is 0.505 e. The zero-order valence-electron chi connectivity index (χ0n) is 8.32. The van der Waals surface area contributed by atoms with Gasteiger partial charge in [-0.2, -0.15) is 13.2 Å². The van der Waals surface area contributed by atoms with Gasteiger partial charge >= 0.3 is 6.18 Å². The molecule has 0 aromatic carbocycles. The second kappa shape index (κ2) is 4.38. The average Bonchev–Trinajstić information content (AvgIpc) is 2.15. The van der Waals surface area contributed by atoms with Crippen LogP contribution in [0.5, 0.6) is 5.75 Å². The van der Waals surface area contributed by atoms with E-state index in [1.165, 1.54) is 18.3 Å². The van der Waals surface area contributed by atoms with Crippen LogP contribution in [0.25, 0.3) is 0 Å². The molecule has 0 saturated carbocycles. The first kappa shape index (κ1) is 12.3. The molecule has 16 heavy (non-hydrogen) atoms. The molecule has 0 bridgehead atoms. The molecule has 4 nitrogen and oxygen atoms in total. The SMILES string of the molecule is CN(CC(F)(F)F)C(=O)c1ncccc1O. The molecule has 0 aliphatic carbocycles. The maximum absolute atomic E-state index is 12.0. The Kier molecular flexibility index (Phi) is 3.36. The van der Waals surface area contributed by atoms with Crippen LogP contribution in [0.3, 0.4) is 0 Å². The van der Waals surface area contributed by atoms with Crippen LogP contribution in [0, 0.1) is 0 Å². The number of aromatic nitrogens is 1. The highest BCUT2D eigenvalue weighted by atomic mass is 19.4. The maximum Gasteiger partial charge on any atom is 0.406 e. The van der Waals surface area contributed by atoms with E-state index < -0.39 is 30.1 Å². The van der Waals surface area contributed by atoms with Crippen LogP contribution in [-0.4, -0.2) is 40.7 Å². The van der Waals surface area contributed by atoms with Crippen LogP contribution in [0.4, 0.5) is 13.2 Å². The molecule has 1 aromatic heterocycles. The Labute approximate surface area is 89.3 Å². The van der Waals surface area contributed by atoms with Crippen LogP contribution in [0.15, 0.2) is 18.3 Å². The van der Waals surface area contributed by atoms with E-state index in [9.17, 15) is 23.1 Å². The smallest absolute Gasteiger partial charge is 0.406 e. The highest BCUT2D eigenvalue weighted by Crippen LogP contribution is 2.19. The lowest BCUT2D eigenvalue weighted by Crippen LogP contribution is -2.36. The van der Waals surface area contributed by atoms with Gasteiger partial charge in [0.2, 0.25) is 0 Å². The predicted octanol–water partition coefficient (Wildman–Crippen LogP) is 1.42. The molecular formula is C9H9F3N2O2. The first-order chi connectivity index (χ1) is 7.31. The molecule has 1 N–H and O–H groups in total. The summed E-state index contributed by atoms with van der Waals surface area (Å²) in [6.45, 7) is -1.39. The third kappa shape index (κ3) is 3.11. The summed E-state index contributed by atoms with van der Waals surface area (Å²) in [4.78, 5) is 15.4. The summed E-state index contributed by atoms with van der Waals surface area (Å²) in [6, 6.07) is 2.55. The summed E-state index contributed by atoms with van der Waals surface area (Å²) in [5.74, 6) is -1.42. The van der Waals surface area contributed by atoms with Crippen molar-refractivity contribution in [1.29, 1.82) is 0 Å². The molecule has 0 aliphatic heterocycles. The number of halogens is 3. The van der Waals surface area contributed by atoms with Crippen molar-refractivity contribution in [3.8, 4) is 5.75 Å². The molecule has 0 unspecified atom stereocenters. The highest BCUT2D eigenvalue weighted by Gasteiger charge is 2.32. The van der Waals surface area contributed by atoms with Crippen molar-refractivity contribution in [1.82, 2.24) is 9.88 Å². The predicted molar refractivity (Wildman–Crippen MR) is 48.9 cm³/mol. The lowest BCUT2D eigenvalue weighted by atomic mass is 10.3. The Balaban J connectivity index is 2.83. The van der Waals surface area contributed by atoms with E-state index >= 15 is 0 Å². The topological polar surface area (TPSA) is 53.4 Å². The van der Waals surface area contributed by atoms with E-state index in [-0.39, 0.29) is 0 Å². The highest BCUT2D eigenvalue weighted by molar-refractivity contribution is 5.94. The van der Waals surface area contributed by atoms with Gasteiger partial charge in [-0.3, -0.25) is 4.79 Å². The number of carbonyl (C=O) groups excluding carboxylic acids is 1. The molecule has 0 radical (unpaired) electrons. The van der Waals surface area contributed by atoms with Gasteiger partial charge in [-0.05, 0) is 12.1 Å². The van der Waals surface area contributed by atoms with Gasteiger partial charge in [0, 0.05) is 13.2 Å². The molecule has 88 valence electrons. The molecule has 0 saturated heterocycles. The number of rotatable bonds is 2. The fourth-order valence-electron chi connectivity index (χ4n) is 1.08. The van der Waals surface area contributed by atoms with Crippen molar-refractivity contribution in [3.05, 3.63) is 24.0 Å². The second-order valence-electron chi connectivity index (χ2n) is 3.15. The Hall–Kier alpha value is -1.79. The quantitative estimate of drug-likeness (QED) is 0.841. The Morgan fingerprint density at radius 3 is 2.69 bits per heavy atom. The van der Waals surface area contributed by atoms with Crippen LogP contribution in [0.2, 0.25) is 0 Å². The summed E-state index contributed by atoms with van der Waals surface area (Å²) in [6.07, 6.45) is -3.26. The molecule has 0 spiro atoms.